The molecule has 1 aliphatic rings. The number of nitrogens with zero attached hydrogens (tertiary/aromatic N) is 1. The number of aromatic nitrogens is 1. The normalized spacial score (nSPS) is 17.2. The van der Waals surface area contributed by atoms with Crippen LogP contribution in [0.2, 0.25) is 0 Å². The zero-order valence-electron chi connectivity index (χ0n) is 10.1. The quantitative estimate of drug-likeness (QED) is 0.636. The second kappa shape index (κ2) is 5.02. The van der Waals surface area contributed by atoms with E-state index in [1.807, 2.05) is 55.6 Å². The van der Waals surface area contributed by atoms with Gasteiger partial charge >= 0.3 is 0 Å². The highest BCUT2D eigenvalue weighted by molar-refractivity contribution is 6.02. The molecule has 18 heavy (non-hydrogen) atoms. The molecule has 0 N–H and O–H groups in total. The van der Waals surface area contributed by atoms with Crippen LogP contribution in [0.25, 0.3) is 0 Å². The Bertz CT molecular complexity index is 595. The van der Waals surface area contributed by atoms with Gasteiger partial charge < -0.3 is 17.0 Å². The number of hydrogen-bond donors (Lipinski definition) is 0. The number of fused-ring (bicyclic) bond motifs is 1. The molecule has 0 saturated carbocycles. The highest BCUT2D eigenvalue weighted by Gasteiger charge is 2.37. The average molecular weight is 304 g/mol. The molecule has 3 heteroatoms. The molecule has 1 unspecified atom stereocenters. The largest absolute Gasteiger partial charge is 1.00 e. The number of carbonyl (C=O) groups is 1. The highest BCUT2D eigenvalue weighted by atomic mass is 79.9. The summed E-state index contributed by atoms with van der Waals surface area (Å²) in [6, 6.07) is 13.9. The van der Waals surface area contributed by atoms with Gasteiger partial charge in [-0.2, -0.15) is 4.57 Å². The molecule has 1 heterocycles. The van der Waals surface area contributed by atoms with Crippen molar-refractivity contribution in [2.24, 2.45) is 0 Å². The van der Waals surface area contributed by atoms with Crippen LogP contribution in [0, 0.1) is 6.92 Å². The van der Waals surface area contributed by atoms with E-state index in [0.717, 1.165) is 17.7 Å². The van der Waals surface area contributed by atoms with Crippen molar-refractivity contribution in [1.29, 1.82) is 0 Å². The summed E-state index contributed by atoms with van der Waals surface area (Å²) in [5.74, 6) is 0.236. The molecule has 1 atom stereocenters. The van der Waals surface area contributed by atoms with Crippen molar-refractivity contribution >= 4 is 5.78 Å². The zero-order chi connectivity index (χ0) is 11.8. The Morgan fingerprint density at radius 1 is 1.11 bits per heavy atom. The molecule has 2 nitrogen and oxygen atoms in total. The Kier molecular flexibility index (Phi) is 3.62. The Hall–Kier alpha value is -1.48. The number of hydrogen-bond acceptors (Lipinski definition) is 1. The van der Waals surface area contributed by atoms with Gasteiger partial charge in [0.05, 0.1) is 0 Å². The van der Waals surface area contributed by atoms with E-state index in [1.165, 1.54) is 5.56 Å². The molecule has 3 rings (SSSR count). The van der Waals surface area contributed by atoms with Crippen molar-refractivity contribution in [3.63, 3.8) is 0 Å². The molecule has 1 aromatic heterocycles. The third-order valence-electron chi connectivity index (χ3n) is 3.44. The van der Waals surface area contributed by atoms with Gasteiger partial charge in [0.1, 0.15) is 0 Å². The Labute approximate surface area is 117 Å². The monoisotopic (exact) mass is 303 g/mol. The average Bonchev–Trinajstić information content (AvgIpc) is 2.68. The molecule has 0 aliphatic heterocycles. The van der Waals surface area contributed by atoms with Crippen molar-refractivity contribution in [2.75, 3.05) is 0 Å². The summed E-state index contributed by atoms with van der Waals surface area (Å²) in [4.78, 5) is 12.3. The van der Waals surface area contributed by atoms with Crippen LogP contribution in [0.5, 0.6) is 0 Å². The maximum atomic E-state index is 12.3. The fraction of sp³-hybridized carbons (Fsp3) is 0.200. The minimum Gasteiger partial charge on any atom is -1.00 e. The zero-order valence-corrected chi connectivity index (χ0v) is 11.7. The van der Waals surface area contributed by atoms with Gasteiger partial charge in [0.15, 0.2) is 11.9 Å². The molecule has 1 aliphatic carbocycles. The first-order valence-corrected chi connectivity index (χ1v) is 5.86. The Morgan fingerprint density at radius 3 is 2.56 bits per heavy atom. The van der Waals surface area contributed by atoms with Crippen LogP contribution in [0.15, 0.2) is 48.7 Å². The third-order valence-corrected chi connectivity index (χ3v) is 3.44. The van der Waals surface area contributed by atoms with Crippen molar-refractivity contribution < 1.29 is 26.3 Å². The van der Waals surface area contributed by atoms with Crippen LogP contribution in [0.3, 0.4) is 0 Å². The summed E-state index contributed by atoms with van der Waals surface area (Å²) in [6.07, 6.45) is 2.80. The van der Waals surface area contributed by atoms with Gasteiger partial charge in [-0.05, 0) is 5.56 Å². The third kappa shape index (κ3) is 1.99. The summed E-state index contributed by atoms with van der Waals surface area (Å²) in [6.45, 7) is 2.04. The SMILES string of the molecule is Cc1cccc[n+]1C1Cc2ccccc2C1=O.[Br-]. The molecule has 1 aromatic carbocycles. The summed E-state index contributed by atoms with van der Waals surface area (Å²) in [5, 5.41) is 0. The fourth-order valence-electron chi connectivity index (χ4n) is 2.53. The van der Waals surface area contributed by atoms with Crippen LogP contribution in [-0.2, 0) is 6.42 Å². The lowest BCUT2D eigenvalue weighted by Crippen LogP contribution is -3.00. The highest BCUT2D eigenvalue weighted by Crippen LogP contribution is 2.26. The summed E-state index contributed by atoms with van der Waals surface area (Å²) < 4.78 is 2.07. The molecule has 0 bridgehead atoms. The topological polar surface area (TPSA) is 20.9 Å². The number of ketones is 1. The predicted octanol–water partition coefficient (Wildman–Crippen LogP) is -0.733. The number of Topliss-reactive ketones (excluding diaryl/α,β-unsaturated/α-hetero) is 1. The van der Waals surface area contributed by atoms with E-state index in [1.54, 1.807) is 0 Å². The summed E-state index contributed by atoms with van der Waals surface area (Å²) in [7, 11) is 0. The molecule has 2 aromatic rings. The van der Waals surface area contributed by atoms with E-state index in [9.17, 15) is 4.79 Å². The number of rotatable bonds is 1. The van der Waals surface area contributed by atoms with Gasteiger partial charge in [0, 0.05) is 31.0 Å². The molecule has 0 fully saturated rings. The van der Waals surface area contributed by atoms with Crippen LogP contribution in [0.4, 0.5) is 0 Å². The fourth-order valence-corrected chi connectivity index (χ4v) is 2.53. The van der Waals surface area contributed by atoms with E-state index in [4.69, 9.17) is 0 Å². The van der Waals surface area contributed by atoms with Crippen molar-refractivity contribution in [1.82, 2.24) is 0 Å². The minimum absolute atomic E-state index is 0. The lowest BCUT2D eigenvalue weighted by molar-refractivity contribution is -0.712. The Balaban J connectivity index is 0.00000120. The van der Waals surface area contributed by atoms with Gasteiger partial charge in [-0.25, -0.2) is 0 Å². The smallest absolute Gasteiger partial charge is 0.231 e. The first-order valence-electron chi connectivity index (χ1n) is 5.86. The first-order chi connectivity index (χ1) is 8.27. The Morgan fingerprint density at radius 2 is 1.83 bits per heavy atom. The van der Waals surface area contributed by atoms with Crippen LogP contribution >= 0.6 is 0 Å². The van der Waals surface area contributed by atoms with E-state index >= 15 is 0 Å². The lowest BCUT2D eigenvalue weighted by Gasteiger charge is -2.05. The number of carbonyl (C=O) groups excluding carboxylic acids is 1. The van der Waals surface area contributed by atoms with Gasteiger partial charge in [-0.3, -0.25) is 4.79 Å². The van der Waals surface area contributed by atoms with Crippen LogP contribution in [-0.4, -0.2) is 5.78 Å². The number of aryl methyl sites for hydroxylation is 1. The van der Waals surface area contributed by atoms with E-state index in [0.29, 0.717) is 0 Å². The second-order valence-electron chi connectivity index (χ2n) is 4.49. The van der Waals surface area contributed by atoms with Crippen molar-refractivity contribution in [3.05, 3.63) is 65.5 Å². The van der Waals surface area contributed by atoms with Gasteiger partial charge in [0.25, 0.3) is 0 Å². The number of halogens is 1. The molecule has 0 spiro atoms. The van der Waals surface area contributed by atoms with Crippen LogP contribution < -0.4 is 21.5 Å². The molecule has 0 amide bonds. The number of benzene rings is 1. The standard InChI is InChI=1S/C15H14NO.BrH/c1-11-6-4-5-9-16(11)14-10-12-7-2-3-8-13(12)15(14)17;/h2-9,14H,10H2,1H3;1H/q+1;/p-1. The molecular weight excluding hydrogens is 290 g/mol. The van der Waals surface area contributed by atoms with E-state index < -0.39 is 0 Å². The van der Waals surface area contributed by atoms with Crippen molar-refractivity contribution in [2.45, 2.75) is 19.4 Å². The van der Waals surface area contributed by atoms with Gasteiger partial charge in [-0.15, -0.1) is 0 Å². The van der Waals surface area contributed by atoms with Gasteiger partial charge in [0.2, 0.25) is 11.8 Å². The molecule has 92 valence electrons. The van der Waals surface area contributed by atoms with Crippen molar-refractivity contribution in [3.8, 4) is 0 Å². The predicted molar refractivity (Wildman–Crippen MR) is 64.9 cm³/mol. The maximum absolute atomic E-state index is 12.3. The van der Waals surface area contributed by atoms with E-state index in [2.05, 4.69) is 4.57 Å². The summed E-state index contributed by atoms with van der Waals surface area (Å²) >= 11 is 0. The summed E-state index contributed by atoms with van der Waals surface area (Å²) in [5.41, 5.74) is 3.17. The molecular formula is C15H14BrNO. The number of pyridine rings is 1. The lowest BCUT2D eigenvalue weighted by atomic mass is 10.1. The second-order valence-corrected chi connectivity index (χ2v) is 4.49. The molecule has 0 saturated heterocycles. The first kappa shape index (κ1) is 13.0. The van der Waals surface area contributed by atoms with Crippen LogP contribution in [0.1, 0.15) is 27.7 Å². The van der Waals surface area contributed by atoms with E-state index in [-0.39, 0.29) is 28.8 Å². The minimum atomic E-state index is -0.0615. The maximum Gasteiger partial charge on any atom is 0.231 e. The molecule has 0 radical (unpaired) electrons. The van der Waals surface area contributed by atoms with Gasteiger partial charge in [-0.1, -0.05) is 30.3 Å².